The summed E-state index contributed by atoms with van der Waals surface area (Å²) >= 11 is 5.94. The molecule has 5 nitrogen and oxygen atoms in total. The minimum absolute atomic E-state index is 0.248. The quantitative estimate of drug-likeness (QED) is 0.298. The van der Waals surface area contributed by atoms with Crippen molar-refractivity contribution in [2.45, 2.75) is 70.8 Å². The number of rotatable bonds is 12. The number of halogens is 1. The van der Waals surface area contributed by atoms with Crippen LogP contribution in [0.2, 0.25) is 5.02 Å². The molecular formula is C28H36ClN3O2. The molecule has 1 saturated carbocycles. The van der Waals surface area contributed by atoms with Gasteiger partial charge in [-0.1, -0.05) is 49.4 Å². The van der Waals surface area contributed by atoms with Gasteiger partial charge in [0.25, 0.3) is 0 Å². The predicted octanol–water partition coefficient (Wildman–Crippen LogP) is 6.57. The van der Waals surface area contributed by atoms with Crippen molar-refractivity contribution in [1.82, 2.24) is 14.9 Å². The number of amides is 1. The number of nitrogens with zero attached hydrogens (tertiary/aromatic N) is 2. The molecule has 0 bridgehead atoms. The fraction of sp³-hybridized carbons (Fsp3) is 0.500. The van der Waals surface area contributed by atoms with Crippen LogP contribution in [-0.4, -0.2) is 28.6 Å². The van der Waals surface area contributed by atoms with Gasteiger partial charge in [-0.25, -0.2) is 4.98 Å². The molecule has 1 aromatic heterocycles. The number of carbonyl (C=O) groups excluding carboxylic acids is 1. The van der Waals surface area contributed by atoms with E-state index < -0.39 is 0 Å². The van der Waals surface area contributed by atoms with Gasteiger partial charge in [0.05, 0.1) is 17.6 Å². The first kappa shape index (κ1) is 24.6. The van der Waals surface area contributed by atoms with Crippen LogP contribution in [0.25, 0.3) is 11.0 Å². The Morgan fingerprint density at radius 1 is 1.00 bits per heavy atom. The fourth-order valence-corrected chi connectivity index (χ4v) is 4.94. The number of carbonyl (C=O) groups is 1. The van der Waals surface area contributed by atoms with E-state index in [0.717, 1.165) is 75.1 Å². The Bertz CT molecular complexity index is 1040. The molecule has 3 aromatic rings. The first-order valence-corrected chi connectivity index (χ1v) is 13.2. The minimum Gasteiger partial charge on any atom is -0.494 e. The van der Waals surface area contributed by atoms with Gasteiger partial charge in [-0.05, 0) is 68.5 Å². The van der Waals surface area contributed by atoms with Crippen molar-refractivity contribution in [2.24, 2.45) is 5.92 Å². The third-order valence-corrected chi connectivity index (χ3v) is 6.95. The Labute approximate surface area is 207 Å². The number of unbranched alkanes of at least 4 members (excludes halogenated alkanes) is 2. The molecule has 0 aliphatic heterocycles. The van der Waals surface area contributed by atoms with E-state index in [2.05, 4.69) is 28.1 Å². The summed E-state index contributed by atoms with van der Waals surface area (Å²) in [6.45, 7) is 2.31. The summed E-state index contributed by atoms with van der Waals surface area (Å²) in [6, 6.07) is 15.8. The van der Waals surface area contributed by atoms with Crippen LogP contribution >= 0.6 is 11.6 Å². The predicted molar refractivity (Wildman–Crippen MR) is 138 cm³/mol. The molecule has 6 heteroatoms. The van der Waals surface area contributed by atoms with Crippen LogP contribution in [0.4, 0.5) is 0 Å². The molecule has 1 aliphatic carbocycles. The lowest BCUT2D eigenvalue weighted by Crippen LogP contribution is -2.32. The first-order valence-electron chi connectivity index (χ1n) is 12.8. The Balaban J connectivity index is 1.22. The van der Waals surface area contributed by atoms with Crippen molar-refractivity contribution in [2.75, 3.05) is 13.2 Å². The standard InChI is InChI=1S/C28H36ClN3O2/c29-23-15-17-24(18-16-23)34-21-9-20-32-26-13-7-6-12-25(26)31-27(32)14-5-2-8-19-30-28(33)22-10-3-1-4-11-22/h6-7,12-13,15-18,22H,1-5,8-11,14,19-21H2,(H,30,33). The number of benzene rings is 2. The van der Waals surface area contributed by atoms with Crippen molar-refractivity contribution in [3.63, 3.8) is 0 Å². The molecule has 0 unspecified atom stereocenters. The Morgan fingerprint density at radius 2 is 1.79 bits per heavy atom. The van der Waals surface area contributed by atoms with Gasteiger partial charge in [-0.15, -0.1) is 0 Å². The number of imidazole rings is 1. The molecular weight excluding hydrogens is 446 g/mol. The molecule has 2 aromatic carbocycles. The number of ether oxygens (including phenoxy) is 1. The molecule has 1 heterocycles. The molecule has 34 heavy (non-hydrogen) atoms. The smallest absolute Gasteiger partial charge is 0.223 e. The molecule has 1 fully saturated rings. The highest BCUT2D eigenvalue weighted by atomic mass is 35.5. The molecule has 0 saturated heterocycles. The highest BCUT2D eigenvalue weighted by molar-refractivity contribution is 6.30. The van der Waals surface area contributed by atoms with Crippen molar-refractivity contribution < 1.29 is 9.53 Å². The van der Waals surface area contributed by atoms with Gasteiger partial charge in [0.2, 0.25) is 5.91 Å². The SMILES string of the molecule is O=C(NCCCCCc1nc2ccccc2n1CCCOc1ccc(Cl)cc1)C1CCCCC1. The van der Waals surface area contributed by atoms with Crippen LogP contribution in [0.15, 0.2) is 48.5 Å². The number of hydrogen-bond donors (Lipinski definition) is 1. The number of aromatic nitrogens is 2. The van der Waals surface area contributed by atoms with Crippen LogP contribution < -0.4 is 10.1 Å². The average molecular weight is 482 g/mol. The van der Waals surface area contributed by atoms with Crippen molar-refractivity contribution in [3.05, 3.63) is 59.4 Å². The summed E-state index contributed by atoms with van der Waals surface area (Å²) in [7, 11) is 0. The highest BCUT2D eigenvalue weighted by Crippen LogP contribution is 2.23. The van der Waals surface area contributed by atoms with E-state index in [1.165, 1.54) is 24.8 Å². The second-order valence-electron chi connectivity index (χ2n) is 9.26. The Kier molecular flexibility index (Phi) is 9.26. The van der Waals surface area contributed by atoms with Gasteiger partial charge in [0.1, 0.15) is 11.6 Å². The van der Waals surface area contributed by atoms with E-state index in [1.54, 1.807) is 0 Å². The van der Waals surface area contributed by atoms with Crippen molar-refractivity contribution in [1.29, 1.82) is 0 Å². The zero-order valence-electron chi connectivity index (χ0n) is 20.0. The second-order valence-corrected chi connectivity index (χ2v) is 9.70. The van der Waals surface area contributed by atoms with E-state index in [9.17, 15) is 4.79 Å². The highest BCUT2D eigenvalue weighted by Gasteiger charge is 2.20. The molecule has 0 atom stereocenters. The fourth-order valence-electron chi connectivity index (χ4n) is 4.81. The van der Waals surface area contributed by atoms with Gasteiger partial charge >= 0.3 is 0 Å². The zero-order chi connectivity index (χ0) is 23.6. The molecule has 1 aliphatic rings. The van der Waals surface area contributed by atoms with Gasteiger partial charge in [0, 0.05) is 30.5 Å². The molecule has 0 spiro atoms. The lowest BCUT2D eigenvalue weighted by atomic mass is 9.89. The van der Waals surface area contributed by atoms with E-state index >= 15 is 0 Å². The van der Waals surface area contributed by atoms with E-state index in [-0.39, 0.29) is 11.8 Å². The van der Waals surface area contributed by atoms with E-state index in [1.807, 2.05) is 30.3 Å². The third kappa shape index (κ3) is 6.99. The Hall–Kier alpha value is -2.53. The monoisotopic (exact) mass is 481 g/mol. The third-order valence-electron chi connectivity index (χ3n) is 6.69. The number of para-hydroxylation sites is 2. The summed E-state index contributed by atoms with van der Waals surface area (Å²) in [5, 5.41) is 3.87. The van der Waals surface area contributed by atoms with Crippen LogP contribution in [0, 0.1) is 5.92 Å². The first-order chi connectivity index (χ1) is 16.7. The summed E-state index contributed by atoms with van der Waals surface area (Å²) in [5.41, 5.74) is 2.24. The minimum atomic E-state index is 0.248. The molecule has 182 valence electrons. The lowest BCUT2D eigenvalue weighted by Gasteiger charge is -2.20. The van der Waals surface area contributed by atoms with E-state index in [4.69, 9.17) is 21.3 Å². The average Bonchev–Trinajstić information content (AvgIpc) is 3.22. The topological polar surface area (TPSA) is 56.2 Å². The van der Waals surface area contributed by atoms with Crippen molar-refractivity contribution >= 4 is 28.5 Å². The summed E-state index contributed by atoms with van der Waals surface area (Å²) in [5.74, 6) is 2.49. The van der Waals surface area contributed by atoms with Gasteiger partial charge in [0.15, 0.2) is 0 Å². The normalized spacial score (nSPS) is 14.4. The number of hydrogen-bond acceptors (Lipinski definition) is 3. The van der Waals surface area contributed by atoms with Crippen molar-refractivity contribution in [3.8, 4) is 5.75 Å². The van der Waals surface area contributed by atoms with E-state index in [0.29, 0.717) is 11.6 Å². The maximum atomic E-state index is 12.3. The van der Waals surface area contributed by atoms with Crippen LogP contribution in [0.5, 0.6) is 5.75 Å². The molecule has 1 N–H and O–H groups in total. The van der Waals surface area contributed by atoms with Gasteiger partial charge < -0.3 is 14.6 Å². The van der Waals surface area contributed by atoms with Crippen LogP contribution in [0.1, 0.15) is 63.6 Å². The zero-order valence-corrected chi connectivity index (χ0v) is 20.7. The number of aryl methyl sites for hydroxylation is 2. The lowest BCUT2D eigenvalue weighted by molar-refractivity contribution is -0.125. The van der Waals surface area contributed by atoms with Crippen LogP contribution in [0.3, 0.4) is 0 Å². The maximum absolute atomic E-state index is 12.3. The van der Waals surface area contributed by atoms with Crippen LogP contribution in [-0.2, 0) is 17.8 Å². The van der Waals surface area contributed by atoms with Gasteiger partial charge in [-0.2, -0.15) is 0 Å². The summed E-state index contributed by atoms with van der Waals surface area (Å²) < 4.78 is 8.21. The Morgan fingerprint density at radius 3 is 2.62 bits per heavy atom. The number of fused-ring (bicyclic) bond motifs is 1. The second kappa shape index (κ2) is 12.8. The summed E-state index contributed by atoms with van der Waals surface area (Å²) in [4.78, 5) is 17.2. The summed E-state index contributed by atoms with van der Waals surface area (Å²) in [6.07, 6.45) is 10.8. The maximum Gasteiger partial charge on any atom is 0.223 e. The molecule has 1 amide bonds. The largest absolute Gasteiger partial charge is 0.494 e. The van der Waals surface area contributed by atoms with Gasteiger partial charge in [-0.3, -0.25) is 4.79 Å². The molecule has 0 radical (unpaired) electrons. The number of nitrogens with one attached hydrogen (secondary N) is 1. The molecule has 4 rings (SSSR count).